The third kappa shape index (κ3) is 1.64. The zero-order valence-electron chi connectivity index (χ0n) is 10.8. The number of fused-ring (bicyclic) bond motifs is 1. The Morgan fingerprint density at radius 3 is 2.74 bits per heavy atom. The van der Waals surface area contributed by atoms with Crippen LogP contribution in [0.25, 0.3) is 22.2 Å². The van der Waals surface area contributed by atoms with Gasteiger partial charge in [-0.05, 0) is 30.7 Å². The van der Waals surface area contributed by atoms with Crippen LogP contribution in [0.15, 0.2) is 36.5 Å². The van der Waals surface area contributed by atoms with Crippen LogP contribution in [0.4, 0.5) is 0 Å². The molecule has 2 heterocycles. The van der Waals surface area contributed by atoms with Crippen LogP contribution in [-0.2, 0) is 7.05 Å². The Labute approximate surface area is 110 Å². The van der Waals surface area contributed by atoms with Crippen LogP contribution < -0.4 is 0 Å². The van der Waals surface area contributed by atoms with Crippen molar-refractivity contribution in [1.82, 2.24) is 9.55 Å². The molecule has 0 spiro atoms. The molecule has 4 heteroatoms. The lowest BCUT2D eigenvalue weighted by molar-refractivity contribution is 0.0687. The predicted octanol–water partition coefficient (Wildman–Crippen LogP) is 3.18. The van der Waals surface area contributed by atoms with Crippen LogP contribution in [0, 0.1) is 6.92 Å². The number of nitrogens with one attached hydrogen (secondary N) is 1. The minimum Gasteiger partial charge on any atom is -0.477 e. The predicted molar refractivity (Wildman–Crippen MR) is 74.4 cm³/mol. The first-order chi connectivity index (χ1) is 9.09. The molecule has 0 fully saturated rings. The standard InChI is InChI=1S/C15H14N2O2/c1-9-4-3-5-11-14(9)10(8-16-11)12-6-7-13(15(18)19)17(12)2/h3-8,16H,1-2H3,(H,18,19). The molecule has 0 amide bonds. The third-order valence-corrected chi connectivity index (χ3v) is 3.53. The highest BCUT2D eigenvalue weighted by Crippen LogP contribution is 2.31. The fourth-order valence-corrected chi connectivity index (χ4v) is 2.57. The van der Waals surface area contributed by atoms with Gasteiger partial charge in [0.15, 0.2) is 0 Å². The van der Waals surface area contributed by atoms with E-state index in [0.29, 0.717) is 0 Å². The van der Waals surface area contributed by atoms with Crippen LogP contribution in [0.5, 0.6) is 0 Å². The maximum Gasteiger partial charge on any atom is 0.352 e. The largest absolute Gasteiger partial charge is 0.477 e. The van der Waals surface area contributed by atoms with E-state index in [9.17, 15) is 4.79 Å². The van der Waals surface area contributed by atoms with E-state index >= 15 is 0 Å². The SMILES string of the molecule is Cc1cccc2[nH]cc(-c3ccc(C(=O)O)n3C)c12. The summed E-state index contributed by atoms with van der Waals surface area (Å²) in [6, 6.07) is 9.56. The molecular formula is C15H14N2O2. The number of nitrogens with zero attached hydrogens (tertiary/aromatic N) is 1. The van der Waals surface area contributed by atoms with E-state index in [1.807, 2.05) is 24.4 Å². The third-order valence-electron chi connectivity index (χ3n) is 3.53. The summed E-state index contributed by atoms with van der Waals surface area (Å²) < 4.78 is 1.71. The molecule has 1 aromatic carbocycles. The number of aromatic carboxylic acids is 1. The number of carboxylic acids is 1. The minimum absolute atomic E-state index is 0.290. The molecule has 2 N–H and O–H groups in total. The van der Waals surface area contributed by atoms with Crippen molar-refractivity contribution in [2.75, 3.05) is 0 Å². The second-order valence-electron chi connectivity index (χ2n) is 4.67. The number of rotatable bonds is 2. The van der Waals surface area contributed by atoms with Gasteiger partial charge in [0.25, 0.3) is 0 Å². The maximum atomic E-state index is 11.1. The van der Waals surface area contributed by atoms with Gasteiger partial charge < -0.3 is 14.7 Å². The lowest BCUT2D eigenvalue weighted by Gasteiger charge is -2.05. The number of aryl methyl sites for hydroxylation is 1. The summed E-state index contributed by atoms with van der Waals surface area (Å²) in [7, 11) is 1.77. The number of carbonyl (C=O) groups is 1. The van der Waals surface area contributed by atoms with Gasteiger partial charge in [-0.3, -0.25) is 0 Å². The molecule has 0 unspecified atom stereocenters. The van der Waals surface area contributed by atoms with E-state index in [1.165, 1.54) is 5.56 Å². The second-order valence-corrected chi connectivity index (χ2v) is 4.67. The summed E-state index contributed by atoms with van der Waals surface area (Å²) in [6.07, 6.45) is 1.93. The van der Waals surface area contributed by atoms with Crippen LogP contribution in [-0.4, -0.2) is 20.6 Å². The number of hydrogen-bond acceptors (Lipinski definition) is 1. The van der Waals surface area contributed by atoms with Crippen LogP contribution in [0.3, 0.4) is 0 Å². The lowest BCUT2D eigenvalue weighted by atomic mass is 10.1. The zero-order chi connectivity index (χ0) is 13.6. The van der Waals surface area contributed by atoms with E-state index in [2.05, 4.69) is 18.0 Å². The molecule has 0 aliphatic carbocycles. The van der Waals surface area contributed by atoms with Gasteiger partial charge in [0.05, 0.1) is 5.69 Å². The van der Waals surface area contributed by atoms with Crippen molar-refractivity contribution in [2.24, 2.45) is 7.05 Å². The van der Waals surface area contributed by atoms with E-state index < -0.39 is 5.97 Å². The Bertz CT molecular complexity index is 781. The molecule has 2 aromatic heterocycles. The van der Waals surface area contributed by atoms with Gasteiger partial charge in [-0.2, -0.15) is 0 Å². The van der Waals surface area contributed by atoms with Crippen LogP contribution >= 0.6 is 0 Å². The molecule has 96 valence electrons. The molecule has 3 rings (SSSR count). The van der Waals surface area contributed by atoms with E-state index in [4.69, 9.17) is 5.11 Å². The minimum atomic E-state index is -0.912. The number of benzene rings is 1. The van der Waals surface area contributed by atoms with E-state index in [1.54, 1.807) is 17.7 Å². The molecule has 4 nitrogen and oxygen atoms in total. The molecule has 0 saturated heterocycles. The maximum absolute atomic E-state index is 11.1. The highest BCUT2D eigenvalue weighted by atomic mass is 16.4. The Kier molecular flexibility index (Phi) is 2.45. The molecule has 0 aliphatic rings. The molecule has 0 aliphatic heterocycles. The van der Waals surface area contributed by atoms with E-state index in [0.717, 1.165) is 22.2 Å². The van der Waals surface area contributed by atoms with Gasteiger partial charge in [0, 0.05) is 29.7 Å². The summed E-state index contributed by atoms with van der Waals surface area (Å²) in [5.74, 6) is -0.912. The van der Waals surface area contributed by atoms with Crippen molar-refractivity contribution in [3.8, 4) is 11.3 Å². The Hall–Kier alpha value is -2.49. The Morgan fingerprint density at radius 2 is 2.05 bits per heavy atom. The molecule has 3 aromatic rings. The van der Waals surface area contributed by atoms with Gasteiger partial charge in [0.1, 0.15) is 5.69 Å². The average Bonchev–Trinajstić information content (AvgIpc) is 2.93. The summed E-state index contributed by atoms with van der Waals surface area (Å²) in [5.41, 5.74) is 4.46. The van der Waals surface area contributed by atoms with E-state index in [-0.39, 0.29) is 5.69 Å². The molecular weight excluding hydrogens is 240 g/mol. The van der Waals surface area contributed by atoms with Gasteiger partial charge in [-0.25, -0.2) is 4.79 Å². The molecule has 0 atom stereocenters. The highest BCUT2D eigenvalue weighted by Gasteiger charge is 2.15. The van der Waals surface area contributed by atoms with Crippen molar-refractivity contribution in [1.29, 1.82) is 0 Å². The van der Waals surface area contributed by atoms with Gasteiger partial charge in [-0.1, -0.05) is 12.1 Å². The van der Waals surface area contributed by atoms with Crippen molar-refractivity contribution in [2.45, 2.75) is 6.92 Å². The fourth-order valence-electron chi connectivity index (χ4n) is 2.57. The zero-order valence-corrected chi connectivity index (χ0v) is 10.8. The molecule has 0 bridgehead atoms. The van der Waals surface area contributed by atoms with Crippen molar-refractivity contribution in [3.63, 3.8) is 0 Å². The van der Waals surface area contributed by atoms with Gasteiger partial charge in [0.2, 0.25) is 0 Å². The normalized spacial score (nSPS) is 11.1. The number of H-pyrrole nitrogens is 1. The first-order valence-electron chi connectivity index (χ1n) is 6.05. The van der Waals surface area contributed by atoms with Gasteiger partial charge >= 0.3 is 5.97 Å². The van der Waals surface area contributed by atoms with Crippen LogP contribution in [0.2, 0.25) is 0 Å². The topological polar surface area (TPSA) is 58.0 Å². The number of hydrogen-bond donors (Lipinski definition) is 2. The first kappa shape index (κ1) is 11.6. The molecule has 0 saturated carbocycles. The van der Waals surface area contributed by atoms with Crippen molar-refractivity contribution < 1.29 is 9.90 Å². The highest BCUT2D eigenvalue weighted by molar-refractivity contribution is 5.98. The Morgan fingerprint density at radius 1 is 1.26 bits per heavy atom. The molecule has 19 heavy (non-hydrogen) atoms. The monoisotopic (exact) mass is 254 g/mol. The Balaban J connectivity index is 2.28. The van der Waals surface area contributed by atoms with Crippen molar-refractivity contribution >= 4 is 16.9 Å². The number of aromatic nitrogens is 2. The van der Waals surface area contributed by atoms with Crippen molar-refractivity contribution in [3.05, 3.63) is 47.8 Å². The second kappa shape index (κ2) is 4.02. The summed E-state index contributed by atoms with van der Waals surface area (Å²) in [6.45, 7) is 2.06. The van der Waals surface area contributed by atoms with Gasteiger partial charge in [-0.15, -0.1) is 0 Å². The molecule has 0 radical (unpaired) electrons. The summed E-state index contributed by atoms with van der Waals surface area (Å²) in [5, 5.41) is 10.3. The lowest BCUT2D eigenvalue weighted by Crippen LogP contribution is -2.04. The number of carboxylic acid groups (broad SMARTS) is 1. The quantitative estimate of drug-likeness (QED) is 0.738. The number of aromatic amines is 1. The summed E-state index contributed by atoms with van der Waals surface area (Å²) in [4.78, 5) is 14.3. The fraction of sp³-hybridized carbons (Fsp3) is 0.133. The van der Waals surface area contributed by atoms with Crippen LogP contribution in [0.1, 0.15) is 16.1 Å². The average molecular weight is 254 g/mol. The summed E-state index contributed by atoms with van der Waals surface area (Å²) >= 11 is 0. The smallest absolute Gasteiger partial charge is 0.352 e. The first-order valence-corrected chi connectivity index (χ1v) is 6.05.